The number of phenolic OH excluding ortho intramolecular Hbond substituents is 1. The quantitative estimate of drug-likeness (QED) is 0.0250. The van der Waals surface area contributed by atoms with E-state index >= 15 is 0 Å². The van der Waals surface area contributed by atoms with Crippen molar-refractivity contribution in [3.63, 3.8) is 0 Å². The van der Waals surface area contributed by atoms with E-state index in [4.69, 9.17) is 17.2 Å². The minimum Gasteiger partial charge on any atom is -0.508 e. The molecule has 0 radical (unpaired) electrons. The highest BCUT2D eigenvalue weighted by Crippen LogP contribution is 2.12. The van der Waals surface area contributed by atoms with E-state index in [2.05, 4.69) is 31.6 Å². The normalized spacial score (nSPS) is 14.2. The van der Waals surface area contributed by atoms with Gasteiger partial charge in [0.25, 0.3) is 0 Å². The first kappa shape index (κ1) is 35.6. The molecule has 0 saturated carbocycles. The van der Waals surface area contributed by atoms with Gasteiger partial charge < -0.3 is 54.0 Å². The zero-order valence-corrected chi connectivity index (χ0v) is 23.8. The molecular formula is C26H43N9O7. The molecule has 0 spiro atoms. The lowest BCUT2D eigenvalue weighted by molar-refractivity contribution is -0.132. The van der Waals surface area contributed by atoms with Crippen molar-refractivity contribution in [2.75, 3.05) is 19.7 Å². The third-order valence-electron chi connectivity index (χ3n) is 6.31. The summed E-state index contributed by atoms with van der Waals surface area (Å²) in [6.45, 7) is 2.64. The van der Waals surface area contributed by atoms with Gasteiger partial charge in [0.2, 0.25) is 30.0 Å². The SMILES string of the molecule is CC[C@H](C)[C@H](NC(=O)[C@@H](N)Cc1ccc(O)cc1)C(=O)NCC(=O)N[C@@H](CO)NC(=O)[C@@H](CCCN=C(N)N)NC=O. The number of rotatable bonds is 19. The largest absolute Gasteiger partial charge is 0.508 e. The summed E-state index contributed by atoms with van der Waals surface area (Å²) in [5.41, 5.74) is 17.3. The van der Waals surface area contributed by atoms with Crippen LogP contribution in [0.5, 0.6) is 5.75 Å². The molecule has 1 rings (SSSR count). The van der Waals surface area contributed by atoms with E-state index in [-0.39, 0.29) is 37.0 Å². The number of aliphatic hydroxyl groups excluding tert-OH is 1. The third kappa shape index (κ3) is 13.3. The highest BCUT2D eigenvalue weighted by molar-refractivity contribution is 5.92. The number of hydrogen-bond donors (Lipinski definition) is 10. The van der Waals surface area contributed by atoms with E-state index in [1.54, 1.807) is 19.1 Å². The number of carbonyl (C=O) groups is 5. The Balaban J connectivity index is 2.67. The van der Waals surface area contributed by atoms with Crippen molar-refractivity contribution >= 4 is 36.0 Å². The first-order valence-corrected chi connectivity index (χ1v) is 13.5. The predicted octanol–water partition coefficient (Wildman–Crippen LogP) is -3.37. The number of guanidine groups is 1. The molecule has 5 atom stereocenters. The number of aliphatic imine (C=N–C) groups is 1. The maximum atomic E-state index is 12.9. The number of nitrogens with zero attached hydrogens (tertiary/aromatic N) is 1. The summed E-state index contributed by atoms with van der Waals surface area (Å²) in [4.78, 5) is 65.4. The van der Waals surface area contributed by atoms with Gasteiger partial charge in [0.15, 0.2) is 5.96 Å². The number of amides is 5. The number of nitrogens with two attached hydrogens (primary N) is 3. The van der Waals surface area contributed by atoms with Gasteiger partial charge in [-0.3, -0.25) is 29.0 Å². The molecule has 1 aromatic rings. The second kappa shape index (κ2) is 18.8. The number of benzene rings is 1. The van der Waals surface area contributed by atoms with Crippen molar-refractivity contribution in [2.24, 2.45) is 28.1 Å². The first-order chi connectivity index (χ1) is 19.9. The Morgan fingerprint density at radius 1 is 1.02 bits per heavy atom. The summed E-state index contributed by atoms with van der Waals surface area (Å²) in [5.74, 6) is -2.90. The average Bonchev–Trinajstić information content (AvgIpc) is 2.96. The Bertz CT molecular complexity index is 1060. The number of aromatic hydroxyl groups is 1. The van der Waals surface area contributed by atoms with Crippen molar-refractivity contribution in [1.82, 2.24) is 26.6 Å². The molecule has 0 saturated heterocycles. The number of carbonyl (C=O) groups excluding carboxylic acids is 5. The molecule has 0 bridgehead atoms. The van der Waals surface area contributed by atoms with Gasteiger partial charge in [-0.15, -0.1) is 0 Å². The number of phenols is 1. The highest BCUT2D eigenvalue weighted by Gasteiger charge is 2.28. The lowest BCUT2D eigenvalue weighted by atomic mass is 9.97. The van der Waals surface area contributed by atoms with Gasteiger partial charge in [0, 0.05) is 6.54 Å². The lowest BCUT2D eigenvalue weighted by Gasteiger charge is -2.25. The van der Waals surface area contributed by atoms with Crippen molar-refractivity contribution in [2.45, 2.75) is 63.8 Å². The Morgan fingerprint density at radius 3 is 2.26 bits per heavy atom. The van der Waals surface area contributed by atoms with Crippen LogP contribution in [0.25, 0.3) is 0 Å². The Kier molecular flexibility index (Phi) is 15.9. The van der Waals surface area contributed by atoms with Crippen molar-refractivity contribution < 1.29 is 34.2 Å². The summed E-state index contributed by atoms with van der Waals surface area (Å²) >= 11 is 0. The van der Waals surface area contributed by atoms with Crippen LogP contribution in [0.4, 0.5) is 0 Å². The number of aliphatic hydroxyl groups is 1. The number of nitrogens with one attached hydrogen (secondary N) is 5. The van der Waals surface area contributed by atoms with Crippen molar-refractivity contribution in [1.29, 1.82) is 0 Å². The van der Waals surface area contributed by atoms with Gasteiger partial charge in [0.05, 0.1) is 19.2 Å². The van der Waals surface area contributed by atoms with Gasteiger partial charge >= 0.3 is 0 Å². The van der Waals surface area contributed by atoms with Crippen LogP contribution in [0.2, 0.25) is 0 Å². The molecule has 234 valence electrons. The molecule has 0 unspecified atom stereocenters. The van der Waals surface area contributed by atoms with E-state index in [0.717, 1.165) is 5.56 Å². The highest BCUT2D eigenvalue weighted by atomic mass is 16.3. The van der Waals surface area contributed by atoms with Crippen molar-refractivity contribution in [3.05, 3.63) is 29.8 Å². The zero-order chi connectivity index (χ0) is 31.7. The molecule has 1 aromatic carbocycles. The van der Waals surface area contributed by atoms with Crippen molar-refractivity contribution in [3.8, 4) is 5.75 Å². The molecule has 16 heteroatoms. The van der Waals surface area contributed by atoms with E-state index in [9.17, 15) is 34.2 Å². The number of hydrogen-bond acceptors (Lipinski definition) is 9. The smallest absolute Gasteiger partial charge is 0.244 e. The summed E-state index contributed by atoms with van der Waals surface area (Å²) in [6, 6.07) is 3.31. The van der Waals surface area contributed by atoms with E-state index in [1.165, 1.54) is 12.1 Å². The van der Waals surface area contributed by atoms with Crippen LogP contribution in [0.15, 0.2) is 29.3 Å². The molecule has 13 N–H and O–H groups in total. The Morgan fingerprint density at radius 2 is 1.69 bits per heavy atom. The molecule has 5 amide bonds. The summed E-state index contributed by atoms with van der Waals surface area (Å²) in [7, 11) is 0. The standard InChI is InChI=1S/C26H43N9O7/c1-3-15(2)22(35-23(40)18(27)11-16-6-8-17(38)9-7-16)25(42)31-12-21(39)33-20(13-36)34-24(41)19(32-14-37)5-4-10-30-26(28)29/h6-9,14-15,18-20,22,36,38H,3-5,10-13,27H2,1-2H3,(H,31,42)(H,32,37)(H,33,39)(H,34,41)(H,35,40)(H4,28,29,30)/t15-,18-,19+,20+,22-/m0/s1. The fraction of sp³-hybridized carbons (Fsp3) is 0.538. The van der Waals surface area contributed by atoms with Crippen LogP contribution in [0, 0.1) is 5.92 Å². The zero-order valence-electron chi connectivity index (χ0n) is 23.8. The Labute approximate surface area is 244 Å². The minimum atomic E-state index is -1.21. The van der Waals surface area contributed by atoms with E-state index < -0.39 is 61.1 Å². The molecule has 42 heavy (non-hydrogen) atoms. The fourth-order valence-electron chi connectivity index (χ4n) is 3.74. The maximum Gasteiger partial charge on any atom is 0.244 e. The van der Waals surface area contributed by atoms with Gasteiger partial charge in [0.1, 0.15) is 24.0 Å². The lowest BCUT2D eigenvalue weighted by Crippen LogP contribution is -2.58. The van der Waals surface area contributed by atoms with Crippen LogP contribution in [-0.4, -0.2) is 90.2 Å². The molecule has 0 aliphatic carbocycles. The van der Waals surface area contributed by atoms with Gasteiger partial charge in [-0.1, -0.05) is 32.4 Å². The minimum absolute atomic E-state index is 0.0806. The average molecular weight is 594 g/mol. The molecular weight excluding hydrogens is 550 g/mol. The second-order valence-corrected chi connectivity index (χ2v) is 9.66. The molecule has 0 aliphatic heterocycles. The molecule has 0 aliphatic rings. The molecule has 16 nitrogen and oxygen atoms in total. The summed E-state index contributed by atoms with van der Waals surface area (Å²) in [5, 5.41) is 31.3. The second-order valence-electron chi connectivity index (χ2n) is 9.66. The Hall–Kier alpha value is -4.44. The van der Waals surface area contributed by atoms with Crippen LogP contribution < -0.4 is 43.8 Å². The predicted molar refractivity (Wildman–Crippen MR) is 154 cm³/mol. The molecule has 0 heterocycles. The third-order valence-corrected chi connectivity index (χ3v) is 6.31. The maximum absolute atomic E-state index is 12.9. The van der Waals surface area contributed by atoms with E-state index in [0.29, 0.717) is 19.3 Å². The van der Waals surface area contributed by atoms with Gasteiger partial charge in [-0.05, 0) is 42.9 Å². The van der Waals surface area contributed by atoms with Gasteiger partial charge in [-0.25, -0.2) is 0 Å². The first-order valence-electron chi connectivity index (χ1n) is 13.5. The molecule has 0 aromatic heterocycles. The monoisotopic (exact) mass is 593 g/mol. The van der Waals surface area contributed by atoms with Crippen LogP contribution in [0.3, 0.4) is 0 Å². The topological polar surface area (TPSA) is 276 Å². The fourth-order valence-corrected chi connectivity index (χ4v) is 3.74. The van der Waals surface area contributed by atoms with Crippen LogP contribution in [-0.2, 0) is 30.4 Å². The summed E-state index contributed by atoms with van der Waals surface area (Å²) < 4.78 is 0. The molecule has 0 fully saturated rings. The summed E-state index contributed by atoms with van der Waals surface area (Å²) in [6.07, 6.45) is 0.410. The van der Waals surface area contributed by atoms with Crippen LogP contribution in [0.1, 0.15) is 38.7 Å². The van der Waals surface area contributed by atoms with Crippen LogP contribution >= 0.6 is 0 Å². The van der Waals surface area contributed by atoms with E-state index in [1.807, 2.05) is 6.92 Å². The van der Waals surface area contributed by atoms with Gasteiger partial charge in [-0.2, -0.15) is 0 Å².